The van der Waals surface area contributed by atoms with E-state index in [0.29, 0.717) is 13.0 Å². The van der Waals surface area contributed by atoms with Crippen molar-refractivity contribution in [2.24, 2.45) is 17.3 Å². The molecule has 2 aliphatic rings. The lowest BCUT2D eigenvalue weighted by Crippen LogP contribution is -2.61. The van der Waals surface area contributed by atoms with Crippen LogP contribution < -0.4 is 21.3 Å². The minimum atomic E-state index is -1.06. The highest BCUT2D eigenvalue weighted by atomic mass is 16.2. The predicted octanol–water partition coefficient (Wildman–Crippen LogP) is 2.48. The molecule has 2 aromatic rings. The highest BCUT2D eigenvalue weighted by Crippen LogP contribution is 2.43. The Hall–Kier alpha value is -4.68. The van der Waals surface area contributed by atoms with E-state index < -0.39 is 70.9 Å². The van der Waals surface area contributed by atoms with Crippen LogP contribution in [0.3, 0.4) is 0 Å². The van der Waals surface area contributed by atoms with Gasteiger partial charge in [-0.25, -0.2) is 4.98 Å². The van der Waals surface area contributed by atoms with E-state index in [1.807, 2.05) is 58.0 Å². The van der Waals surface area contributed by atoms with Crippen molar-refractivity contribution in [2.45, 2.75) is 104 Å². The summed E-state index contributed by atoms with van der Waals surface area (Å²) in [5.41, 5.74) is 0.134. The number of fused-ring (bicyclic) bond motifs is 1. The molecular formula is C36H49N7O6. The zero-order valence-corrected chi connectivity index (χ0v) is 29.2. The zero-order valence-electron chi connectivity index (χ0n) is 29.2. The molecule has 13 heteroatoms. The summed E-state index contributed by atoms with van der Waals surface area (Å²) in [6, 6.07) is 4.91. The molecule has 1 aliphatic heterocycles. The number of rotatable bonds is 13. The van der Waals surface area contributed by atoms with Crippen LogP contribution in [0.15, 0.2) is 48.9 Å². The van der Waals surface area contributed by atoms with Crippen molar-refractivity contribution in [2.75, 3.05) is 6.54 Å². The van der Waals surface area contributed by atoms with Crippen LogP contribution in [0.4, 0.5) is 0 Å². The minimum Gasteiger partial charge on any atom is -0.344 e. The van der Waals surface area contributed by atoms with E-state index in [1.54, 1.807) is 6.92 Å². The van der Waals surface area contributed by atoms with E-state index in [4.69, 9.17) is 0 Å². The van der Waals surface area contributed by atoms with E-state index in [-0.39, 0.29) is 24.0 Å². The van der Waals surface area contributed by atoms with E-state index in [2.05, 4.69) is 31.2 Å². The van der Waals surface area contributed by atoms with Crippen molar-refractivity contribution < 1.29 is 28.8 Å². The van der Waals surface area contributed by atoms with Gasteiger partial charge in [0.15, 0.2) is 0 Å². The molecule has 264 valence electrons. The SMILES string of the molecule is CCC[C@H](NC(=O)[C@@H]1[C@H]2CCC[C@H]2CN1C(=O)[C@@H](NC(=O)[C@H](C)NC(=O)c1cnccn1)C(C)(C)C)C(=O)C(=O)N[C@@H](C)c1ccccc1. The van der Waals surface area contributed by atoms with Crippen LogP contribution in [0.25, 0.3) is 0 Å². The fourth-order valence-electron chi connectivity index (χ4n) is 6.77. The summed E-state index contributed by atoms with van der Waals surface area (Å²) in [4.78, 5) is 90.2. The molecular weight excluding hydrogens is 626 g/mol. The van der Waals surface area contributed by atoms with Gasteiger partial charge in [0.1, 0.15) is 23.8 Å². The molecule has 1 aromatic carbocycles. The van der Waals surface area contributed by atoms with Crippen LogP contribution in [0.5, 0.6) is 0 Å². The number of hydrogen-bond acceptors (Lipinski definition) is 8. The van der Waals surface area contributed by atoms with Gasteiger partial charge < -0.3 is 26.2 Å². The summed E-state index contributed by atoms with van der Waals surface area (Å²) in [7, 11) is 0. The first-order valence-electron chi connectivity index (χ1n) is 17.1. The molecule has 1 aromatic heterocycles. The maximum atomic E-state index is 14.3. The van der Waals surface area contributed by atoms with E-state index in [9.17, 15) is 28.8 Å². The molecule has 0 bridgehead atoms. The van der Waals surface area contributed by atoms with Crippen molar-refractivity contribution >= 4 is 35.3 Å². The Morgan fingerprint density at radius 2 is 1.65 bits per heavy atom. The number of Topliss-reactive ketones (excluding diaryl/α,β-unsaturated/α-hetero) is 1. The Labute approximate surface area is 287 Å². The number of aromatic nitrogens is 2. The molecule has 0 radical (unpaired) electrons. The van der Waals surface area contributed by atoms with Crippen molar-refractivity contribution in [3.8, 4) is 0 Å². The summed E-state index contributed by atoms with van der Waals surface area (Å²) >= 11 is 0. The van der Waals surface area contributed by atoms with Gasteiger partial charge in [0.2, 0.25) is 23.5 Å². The summed E-state index contributed by atoms with van der Waals surface area (Å²) in [6.07, 6.45) is 7.39. The standard InChI is InChI=1S/C36H49N7O6/c1-7-12-26(29(44)34(48)39-21(2)23-13-9-8-10-14-23)41-33(47)28-25-16-11-15-24(25)20-43(28)35(49)30(36(4,5)6)42-31(45)22(3)40-32(46)27-19-37-17-18-38-27/h8-10,13-14,17-19,21-22,24-26,28,30H,7,11-12,15-16,20H2,1-6H3,(H,39,48)(H,40,46)(H,41,47)(H,42,45)/t21-,22-,24-,25-,26-,28-,30+/m0/s1. The summed E-state index contributed by atoms with van der Waals surface area (Å²) in [5.74, 6) is -3.62. The molecule has 5 amide bonds. The van der Waals surface area contributed by atoms with Gasteiger partial charge >= 0.3 is 0 Å². The largest absolute Gasteiger partial charge is 0.344 e. The third-order valence-electron chi connectivity index (χ3n) is 9.46. The Morgan fingerprint density at radius 1 is 0.939 bits per heavy atom. The maximum Gasteiger partial charge on any atom is 0.290 e. The van der Waals surface area contributed by atoms with Gasteiger partial charge in [-0.2, -0.15) is 0 Å². The summed E-state index contributed by atoms with van der Waals surface area (Å²) < 4.78 is 0. The smallest absolute Gasteiger partial charge is 0.290 e. The number of hydrogen-bond donors (Lipinski definition) is 4. The number of nitrogens with zero attached hydrogens (tertiary/aromatic N) is 3. The number of nitrogens with one attached hydrogen (secondary N) is 4. The van der Waals surface area contributed by atoms with Gasteiger partial charge in [0.25, 0.3) is 11.8 Å². The summed E-state index contributed by atoms with van der Waals surface area (Å²) in [5, 5.41) is 11.0. The van der Waals surface area contributed by atoms with Crippen LogP contribution in [0.2, 0.25) is 0 Å². The van der Waals surface area contributed by atoms with Gasteiger partial charge in [-0.3, -0.25) is 33.8 Å². The quantitative estimate of drug-likeness (QED) is 0.234. The monoisotopic (exact) mass is 675 g/mol. The van der Waals surface area contributed by atoms with Gasteiger partial charge in [-0.15, -0.1) is 0 Å². The molecule has 2 fully saturated rings. The Bertz CT molecular complexity index is 1510. The molecule has 1 saturated heterocycles. The number of carbonyl (C=O) groups is 6. The lowest BCUT2D eigenvalue weighted by Gasteiger charge is -2.37. The second kappa shape index (κ2) is 16.1. The van der Waals surface area contributed by atoms with Crippen LogP contribution >= 0.6 is 0 Å². The first-order chi connectivity index (χ1) is 23.2. The van der Waals surface area contributed by atoms with Crippen molar-refractivity contribution in [3.05, 3.63) is 60.2 Å². The average Bonchev–Trinajstić information content (AvgIpc) is 3.68. The topological polar surface area (TPSA) is 180 Å². The Kier molecular flexibility index (Phi) is 12.2. The predicted molar refractivity (Wildman–Crippen MR) is 182 cm³/mol. The fourth-order valence-corrected chi connectivity index (χ4v) is 6.77. The number of ketones is 1. The average molecular weight is 676 g/mol. The first kappa shape index (κ1) is 37.1. The zero-order chi connectivity index (χ0) is 35.9. The molecule has 7 atom stereocenters. The van der Waals surface area contributed by atoms with Gasteiger partial charge in [-0.05, 0) is 55.9 Å². The molecule has 2 heterocycles. The molecule has 4 rings (SSSR count). The second-order valence-corrected chi connectivity index (χ2v) is 14.2. The van der Waals surface area contributed by atoms with Crippen LogP contribution in [-0.2, 0) is 24.0 Å². The molecule has 0 unspecified atom stereocenters. The summed E-state index contributed by atoms with van der Waals surface area (Å²) in [6.45, 7) is 10.9. The molecule has 49 heavy (non-hydrogen) atoms. The molecule has 13 nitrogen and oxygen atoms in total. The van der Waals surface area contributed by atoms with Gasteiger partial charge in [-0.1, -0.05) is 70.9 Å². The molecule has 1 aliphatic carbocycles. The van der Waals surface area contributed by atoms with Crippen molar-refractivity contribution in [3.63, 3.8) is 0 Å². The molecule has 4 N–H and O–H groups in total. The van der Waals surface area contributed by atoms with Crippen LogP contribution in [0.1, 0.15) is 95.7 Å². The number of likely N-dealkylation sites (tertiary alicyclic amines) is 1. The van der Waals surface area contributed by atoms with Gasteiger partial charge in [0.05, 0.1) is 18.3 Å². The van der Waals surface area contributed by atoms with Crippen molar-refractivity contribution in [1.29, 1.82) is 0 Å². The third-order valence-corrected chi connectivity index (χ3v) is 9.46. The highest BCUT2D eigenvalue weighted by Gasteiger charge is 2.52. The number of benzene rings is 1. The van der Waals surface area contributed by atoms with E-state index >= 15 is 0 Å². The third kappa shape index (κ3) is 9.07. The van der Waals surface area contributed by atoms with Gasteiger partial charge in [0, 0.05) is 18.9 Å². The Morgan fingerprint density at radius 3 is 2.29 bits per heavy atom. The number of amides is 5. The second-order valence-electron chi connectivity index (χ2n) is 14.2. The minimum absolute atomic E-state index is 0.0473. The van der Waals surface area contributed by atoms with Crippen molar-refractivity contribution in [1.82, 2.24) is 36.1 Å². The van der Waals surface area contributed by atoms with Crippen LogP contribution in [0, 0.1) is 17.3 Å². The highest BCUT2D eigenvalue weighted by molar-refractivity contribution is 6.38. The fraction of sp³-hybridized carbons (Fsp3) is 0.556. The maximum absolute atomic E-state index is 14.3. The van der Waals surface area contributed by atoms with Crippen LogP contribution in [-0.4, -0.2) is 80.9 Å². The lowest BCUT2D eigenvalue weighted by molar-refractivity contribution is -0.146. The van der Waals surface area contributed by atoms with E-state index in [0.717, 1.165) is 24.8 Å². The lowest BCUT2D eigenvalue weighted by atomic mass is 9.85. The normalized spacial score (nSPS) is 21.0. The Balaban J connectivity index is 1.49. The molecule has 0 spiro atoms. The molecule has 1 saturated carbocycles. The number of carbonyl (C=O) groups excluding carboxylic acids is 6. The first-order valence-corrected chi connectivity index (χ1v) is 17.1. The van der Waals surface area contributed by atoms with E-state index in [1.165, 1.54) is 30.4 Å².